The summed E-state index contributed by atoms with van der Waals surface area (Å²) < 4.78 is 10.4. The first-order valence-corrected chi connectivity index (χ1v) is 7.05. The van der Waals surface area contributed by atoms with E-state index in [9.17, 15) is 10.1 Å². The van der Waals surface area contributed by atoms with Crippen molar-refractivity contribution in [3.8, 4) is 11.5 Å². The summed E-state index contributed by atoms with van der Waals surface area (Å²) in [7, 11) is 0. The zero-order valence-electron chi connectivity index (χ0n) is 12.1. The number of nitrogens with zero attached hydrogens (tertiary/aromatic N) is 2. The van der Waals surface area contributed by atoms with E-state index in [1.165, 1.54) is 18.3 Å². The fourth-order valence-corrected chi connectivity index (χ4v) is 2.23. The van der Waals surface area contributed by atoms with Crippen LogP contribution in [0.1, 0.15) is 11.1 Å². The molecule has 0 aromatic heterocycles. The van der Waals surface area contributed by atoms with E-state index in [0.717, 1.165) is 5.56 Å². The normalized spacial score (nSPS) is 12.6. The van der Waals surface area contributed by atoms with E-state index in [1.807, 2.05) is 19.1 Å². The largest absolute Gasteiger partial charge is 0.454 e. The molecule has 0 unspecified atom stereocenters. The van der Waals surface area contributed by atoms with E-state index >= 15 is 0 Å². The number of nitro benzene ring substituents is 1. The van der Waals surface area contributed by atoms with Gasteiger partial charge in [0.05, 0.1) is 28.5 Å². The Balaban J connectivity index is 1.84. The Labute approximate surface area is 136 Å². The van der Waals surface area contributed by atoms with Crippen LogP contribution in [0.2, 0.25) is 5.02 Å². The fraction of sp³-hybridized carbons (Fsp3) is 0.133. The number of rotatable bonds is 4. The first kappa shape index (κ1) is 15.1. The number of ether oxygens (including phenoxy) is 2. The zero-order chi connectivity index (χ0) is 16.4. The number of fused-ring (bicyclic) bond motifs is 1. The summed E-state index contributed by atoms with van der Waals surface area (Å²) >= 11 is 6.03. The lowest BCUT2D eigenvalue weighted by atomic mass is 10.1. The van der Waals surface area contributed by atoms with Crippen molar-refractivity contribution in [2.45, 2.75) is 6.92 Å². The Morgan fingerprint density at radius 2 is 2.04 bits per heavy atom. The van der Waals surface area contributed by atoms with Crippen LogP contribution in [0.5, 0.6) is 11.5 Å². The Morgan fingerprint density at radius 1 is 1.30 bits per heavy atom. The van der Waals surface area contributed by atoms with Gasteiger partial charge < -0.3 is 9.47 Å². The average Bonchev–Trinajstić information content (AvgIpc) is 2.97. The summed E-state index contributed by atoms with van der Waals surface area (Å²) in [5.74, 6) is 0.808. The van der Waals surface area contributed by atoms with E-state index in [4.69, 9.17) is 21.1 Å². The number of anilines is 1. The predicted molar refractivity (Wildman–Crippen MR) is 86.6 cm³/mol. The molecule has 0 radical (unpaired) electrons. The second kappa shape index (κ2) is 6.13. The number of benzene rings is 2. The Hall–Kier alpha value is -2.80. The van der Waals surface area contributed by atoms with Crippen molar-refractivity contribution in [3.63, 3.8) is 0 Å². The highest BCUT2D eigenvalue weighted by molar-refractivity contribution is 6.31. The van der Waals surface area contributed by atoms with Gasteiger partial charge in [-0.05, 0) is 30.7 Å². The molecule has 118 valence electrons. The van der Waals surface area contributed by atoms with Crippen LogP contribution < -0.4 is 14.9 Å². The van der Waals surface area contributed by atoms with Gasteiger partial charge in [0.2, 0.25) is 6.79 Å². The Morgan fingerprint density at radius 3 is 2.74 bits per heavy atom. The molecule has 1 N–H and O–H groups in total. The van der Waals surface area contributed by atoms with Crippen LogP contribution in [0.25, 0.3) is 0 Å². The van der Waals surface area contributed by atoms with Crippen molar-refractivity contribution in [2.75, 3.05) is 12.2 Å². The molecule has 3 rings (SSSR count). The van der Waals surface area contributed by atoms with Gasteiger partial charge in [0.25, 0.3) is 5.69 Å². The lowest BCUT2D eigenvalue weighted by Crippen LogP contribution is -1.97. The maximum Gasteiger partial charge on any atom is 0.282 e. The molecule has 1 heterocycles. The highest BCUT2D eigenvalue weighted by atomic mass is 35.5. The predicted octanol–water partition coefficient (Wildman–Crippen LogP) is 3.73. The lowest BCUT2D eigenvalue weighted by Gasteiger charge is -2.03. The summed E-state index contributed by atoms with van der Waals surface area (Å²) in [4.78, 5) is 10.7. The standard InChI is InChI=1S/C15H12ClN3O4/c1-9-2-3-11(5-12(9)16)18-17-7-10-4-14-15(23-8-22-14)6-13(10)19(20)21/h2-7,18H,8H2,1H3/b17-7+. The van der Waals surface area contributed by atoms with Crippen LogP contribution >= 0.6 is 11.6 Å². The molecule has 7 nitrogen and oxygen atoms in total. The molecule has 0 fully saturated rings. The van der Waals surface area contributed by atoms with Gasteiger partial charge in [-0.1, -0.05) is 17.7 Å². The molecule has 2 aromatic rings. The first-order chi connectivity index (χ1) is 11.0. The number of halogens is 1. The molecule has 0 aliphatic carbocycles. The molecule has 1 aliphatic heterocycles. The lowest BCUT2D eigenvalue weighted by molar-refractivity contribution is -0.385. The molecule has 23 heavy (non-hydrogen) atoms. The monoisotopic (exact) mass is 333 g/mol. The smallest absolute Gasteiger partial charge is 0.282 e. The minimum atomic E-state index is -0.494. The summed E-state index contributed by atoms with van der Waals surface area (Å²) in [6.45, 7) is 1.94. The van der Waals surface area contributed by atoms with Crippen molar-refractivity contribution in [2.24, 2.45) is 5.10 Å². The number of nitrogens with one attached hydrogen (secondary N) is 1. The van der Waals surface area contributed by atoms with Gasteiger partial charge in [-0.2, -0.15) is 5.10 Å². The van der Waals surface area contributed by atoms with Crippen molar-refractivity contribution in [3.05, 3.63) is 56.6 Å². The van der Waals surface area contributed by atoms with Gasteiger partial charge in [0.15, 0.2) is 11.5 Å². The van der Waals surface area contributed by atoms with E-state index < -0.39 is 4.92 Å². The van der Waals surface area contributed by atoms with Gasteiger partial charge in [0.1, 0.15) is 0 Å². The van der Waals surface area contributed by atoms with Crippen LogP contribution in [0.15, 0.2) is 35.4 Å². The number of hydrogen-bond donors (Lipinski definition) is 1. The van der Waals surface area contributed by atoms with E-state index in [-0.39, 0.29) is 12.5 Å². The molecule has 0 spiro atoms. The van der Waals surface area contributed by atoms with Gasteiger partial charge in [0, 0.05) is 5.02 Å². The number of hydrogen-bond acceptors (Lipinski definition) is 6. The molecule has 2 aromatic carbocycles. The molecule has 1 aliphatic rings. The molecule has 8 heteroatoms. The Bertz CT molecular complexity index is 808. The van der Waals surface area contributed by atoms with Crippen LogP contribution in [0, 0.1) is 17.0 Å². The fourth-order valence-electron chi connectivity index (χ4n) is 2.05. The highest BCUT2D eigenvalue weighted by Crippen LogP contribution is 2.37. The minimum Gasteiger partial charge on any atom is -0.454 e. The van der Waals surface area contributed by atoms with Crippen LogP contribution in [0.4, 0.5) is 11.4 Å². The zero-order valence-corrected chi connectivity index (χ0v) is 12.8. The molecule has 0 atom stereocenters. The molecule has 0 saturated heterocycles. The maximum atomic E-state index is 11.1. The third-order valence-corrected chi connectivity index (χ3v) is 3.69. The molecule has 0 amide bonds. The maximum absolute atomic E-state index is 11.1. The van der Waals surface area contributed by atoms with Crippen molar-refractivity contribution >= 4 is 29.2 Å². The number of aryl methyl sites for hydroxylation is 1. The van der Waals surface area contributed by atoms with Gasteiger partial charge >= 0.3 is 0 Å². The second-order valence-corrected chi connectivity index (χ2v) is 5.26. The van der Waals surface area contributed by atoms with Crippen LogP contribution in [-0.2, 0) is 0 Å². The van der Waals surface area contributed by atoms with E-state index in [1.54, 1.807) is 6.07 Å². The van der Waals surface area contributed by atoms with E-state index in [0.29, 0.717) is 27.8 Å². The van der Waals surface area contributed by atoms with Gasteiger partial charge in [-0.3, -0.25) is 15.5 Å². The summed E-state index contributed by atoms with van der Waals surface area (Å²) in [5, 5.41) is 15.8. The summed E-state index contributed by atoms with van der Waals surface area (Å²) in [5.41, 5.74) is 4.62. The topological polar surface area (TPSA) is 86.0 Å². The summed E-state index contributed by atoms with van der Waals surface area (Å²) in [6.07, 6.45) is 1.36. The quantitative estimate of drug-likeness (QED) is 0.523. The number of hydrazone groups is 1. The van der Waals surface area contributed by atoms with E-state index in [2.05, 4.69) is 10.5 Å². The molecular formula is C15H12ClN3O4. The van der Waals surface area contributed by atoms with Gasteiger partial charge in [-0.25, -0.2) is 0 Å². The second-order valence-electron chi connectivity index (χ2n) is 4.86. The molecule has 0 bridgehead atoms. The third-order valence-electron chi connectivity index (χ3n) is 3.29. The average molecular weight is 334 g/mol. The SMILES string of the molecule is Cc1ccc(N/N=C/c2cc3c(cc2[N+](=O)[O-])OCO3)cc1Cl. The Kier molecular flexibility index (Phi) is 4.03. The van der Waals surface area contributed by atoms with Crippen molar-refractivity contribution in [1.29, 1.82) is 0 Å². The highest BCUT2D eigenvalue weighted by Gasteiger charge is 2.22. The molecular weight excluding hydrogens is 322 g/mol. The van der Waals surface area contributed by atoms with Crippen molar-refractivity contribution < 1.29 is 14.4 Å². The first-order valence-electron chi connectivity index (χ1n) is 6.68. The molecule has 0 saturated carbocycles. The third kappa shape index (κ3) is 3.19. The van der Waals surface area contributed by atoms with Crippen LogP contribution in [-0.4, -0.2) is 17.9 Å². The van der Waals surface area contributed by atoms with Gasteiger partial charge in [-0.15, -0.1) is 0 Å². The number of nitro groups is 1. The minimum absolute atomic E-state index is 0.0488. The summed E-state index contributed by atoms with van der Waals surface area (Å²) in [6, 6.07) is 8.23. The van der Waals surface area contributed by atoms with Crippen molar-refractivity contribution in [1.82, 2.24) is 0 Å². The van der Waals surface area contributed by atoms with Crippen LogP contribution in [0.3, 0.4) is 0 Å².